The zero-order valence-electron chi connectivity index (χ0n) is 13.0. The van der Waals surface area contributed by atoms with Crippen LogP contribution in [0.25, 0.3) is 0 Å². The zero-order chi connectivity index (χ0) is 13.1. The van der Waals surface area contributed by atoms with E-state index in [4.69, 9.17) is 0 Å². The topological polar surface area (TPSA) is 3.24 Å². The molecule has 2 aliphatic carbocycles. The molecular weight excluding hydrogens is 218 g/mol. The van der Waals surface area contributed by atoms with Crippen molar-refractivity contribution in [3.63, 3.8) is 0 Å². The third-order valence-corrected chi connectivity index (χ3v) is 7.00. The fourth-order valence-electron chi connectivity index (χ4n) is 5.90. The normalized spacial score (nSPS) is 51.8. The second-order valence-corrected chi connectivity index (χ2v) is 8.42. The Kier molecular flexibility index (Phi) is 2.86. The summed E-state index contributed by atoms with van der Waals surface area (Å²) in [6.45, 7) is 9.91. The lowest BCUT2D eigenvalue weighted by atomic mass is 9.53. The van der Waals surface area contributed by atoms with Crippen molar-refractivity contribution in [2.45, 2.75) is 77.8 Å². The third-order valence-electron chi connectivity index (χ3n) is 7.00. The van der Waals surface area contributed by atoms with Crippen LogP contribution in [0.4, 0.5) is 0 Å². The molecule has 0 aromatic heterocycles. The average Bonchev–Trinajstić information content (AvgIpc) is 2.46. The molecule has 3 fully saturated rings. The van der Waals surface area contributed by atoms with Gasteiger partial charge in [-0.3, -0.25) is 4.90 Å². The summed E-state index contributed by atoms with van der Waals surface area (Å²) in [5.41, 5.74) is 1.05. The van der Waals surface area contributed by atoms with E-state index in [0.717, 1.165) is 23.8 Å². The van der Waals surface area contributed by atoms with Crippen molar-refractivity contribution in [3.8, 4) is 0 Å². The lowest BCUT2D eigenvalue weighted by molar-refractivity contribution is -0.0112. The number of fused-ring (bicyclic) bond motifs is 3. The predicted octanol–water partition coefficient (Wildman–Crippen LogP) is 4.32. The summed E-state index contributed by atoms with van der Waals surface area (Å²) in [7, 11) is 2.36. The average molecular weight is 249 g/mol. The molecule has 0 radical (unpaired) electrons. The van der Waals surface area contributed by atoms with Crippen LogP contribution in [-0.4, -0.2) is 23.5 Å². The molecule has 2 bridgehead atoms. The van der Waals surface area contributed by atoms with Gasteiger partial charge < -0.3 is 0 Å². The molecule has 1 saturated heterocycles. The second kappa shape index (κ2) is 3.98. The van der Waals surface area contributed by atoms with Crippen molar-refractivity contribution in [3.05, 3.63) is 0 Å². The molecule has 1 nitrogen and oxygen atoms in total. The number of hydrogen-bond acceptors (Lipinski definition) is 1. The Morgan fingerprint density at radius 1 is 1.06 bits per heavy atom. The molecule has 5 atom stereocenters. The smallest absolute Gasteiger partial charge is 0.0159 e. The minimum Gasteiger partial charge on any atom is -0.298 e. The molecular formula is C17H31N. The van der Waals surface area contributed by atoms with E-state index in [1.165, 1.54) is 32.1 Å². The summed E-state index contributed by atoms with van der Waals surface area (Å²) in [6.07, 6.45) is 9.00. The van der Waals surface area contributed by atoms with Gasteiger partial charge >= 0.3 is 0 Å². The molecule has 3 aliphatic rings. The van der Waals surface area contributed by atoms with E-state index in [9.17, 15) is 0 Å². The summed E-state index contributed by atoms with van der Waals surface area (Å²) in [5.74, 6) is 3.05. The fourth-order valence-corrected chi connectivity index (χ4v) is 5.90. The summed E-state index contributed by atoms with van der Waals surface area (Å²) in [5, 5.41) is 0. The summed E-state index contributed by atoms with van der Waals surface area (Å²) < 4.78 is 0. The van der Waals surface area contributed by atoms with Gasteiger partial charge in [-0.1, -0.05) is 6.92 Å². The van der Waals surface area contributed by atoms with E-state index < -0.39 is 0 Å². The van der Waals surface area contributed by atoms with Crippen LogP contribution in [0.5, 0.6) is 0 Å². The molecule has 1 heteroatoms. The van der Waals surface area contributed by atoms with Gasteiger partial charge in [-0.25, -0.2) is 0 Å². The van der Waals surface area contributed by atoms with Gasteiger partial charge in [0, 0.05) is 11.6 Å². The number of rotatable bonds is 0. The van der Waals surface area contributed by atoms with Crippen molar-refractivity contribution in [2.24, 2.45) is 23.2 Å². The quantitative estimate of drug-likeness (QED) is 0.618. The first-order valence-electron chi connectivity index (χ1n) is 8.08. The second-order valence-electron chi connectivity index (χ2n) is 8.42. The largest absolute Gasteiger partial charge is 0.298 e. The number of likely N-dealkylation sites (tertiary alicyclic amines) is 1. The van der Waals surface area contributed by atoms with Gasteiger partial charge in [0.1, 0.15) is 0 Å². The van der Waals surface area contributed by atoms with Crippen molar-refractivity contribution < 1.29 is 0 Å². The molecule has 1 heterocycles. The van der Waals surface area contributed by atoms with Gasteiger partial charge in [-0.2, -0.15) is 0 Å². The highest BCUT2D eigenvalue weighted by Gasteiger charge is 2.58. The van der Waals surface area contributed by atoms with Gasteiger partial charge in [-0.15, -0.1) is 0 Å². The van der Waals surface area contributed by atoms with Gasteiger partial charge in [0.2, 0.25) is 0 Å². The van der Waals surface area contributed by atoms with Crippen molar-refractivity contribution >= 4 is 0 Å². The molecule has 0 aromatic rings. The molecule has 0 N–H and O–H groups in total. The molecule has 3 rings (SSSR count). The Hall–Kier alpha value is -0.0400. The van der Waals surface area contributed by atoms with E-state index in [0.29, 0.717) is 11.0 Å². The van der Waals surface area contributed by atoms with Crippen molar-refractivity contribution in [1.29, 1.82) is 0 Å². The third kappa shape index (κ3) is 1.69. The summed E-state index contributed by atoms with van der Waals surface area (Å²) in [6, 6.07) is 0.781. The highest BCUT2D eigenvalue weighted by atomic mass is 15.2. The van der Waals surface area contributed by atoms with E-state index >= 15 is 0 Å². The molecule has 0 aromatic carbocycles. The molecule has 1 spiro atoms. The highest BCUT2D eigenvalue weighted by molar-refractivity contribution is 5.10. The molecule has 18 heavy (non-hydrogen) atoms. The van der Waals surface area contributed by atoms with Crippen LogP contribution in [0, 0.1) is 23.2 Å². The van der Waals surface area contributed by atoms with Crippen LogP contribution in [0.2, 0.25) is 0 Å². The lowest BCUT2D eigenvalue weighted by Crippen LogP contribution is -2.47. The van der Waals surface area contributed by atoms with Crippen molar-refractivity contribution in [2.75, 3.05) is 7.05 Å². The zero-order valence-corrected chi connectivity index (χ0v) is 13.0. The van der Waals surface area contributed by atoms with Crippen LogP contribution in [0.15, 0.2) is 0 Å². The van der Waals surface area contributed by atoms with E-state index in [1.807, 2.05) is 0 Å². The first-order valence-corrected chi connectivity index (χ1v) is 8.08. The maximum absolute atomic E-state index is 2.67. The Morgan fingerprint density at radius 2 is 1.78 bits per heavy atom. The lowest BCUT2D eigenvalue weighted by Gasteiger charge is -2.52. The molecule has 104 valence electrons. The molecule has 4 unspecified atom stereocenters. The standard InChI is InChI=1S/C17H31N/c1-12-8-14-6-7-17(15(9-12)10-14)11-16(3,4)18(5)13(17)2/h12-15H,6-11H2,1-5H3/t12?,13-,14?,15?,17?/m0/s1. The molecule has 2 saturated carbocycles. The molecule has 1 aliphatic heterocycles. The van der Waals surface area contributed by atoms with Crippen LogP contribution < -0.4 is 0 Å². The molecule has 0 amide bonds. The fraction of sp³-hybridized carbons (Fsp3) is 1.00. The maximum atomic E-state index is 2.67. The summed E-state index contributed by atoms with van der Waals surface area (Å²) >= 11 is 0. The van der Waals surface area contributed by atoms with Gasteiger partial charge in [0.05, 0.1) is 0 Å². The highest BCUT2D eigenvalue weighted by Crippen LogP contribution is 2.61. The van der Waals surface area contributed by atoms with E-state index in [2.05, 4.69) is 39.6 Å². The Morgan fingerprint density at radius 3 is 2.39 bits per heavy atom. The van der Waals surface area contributed by atoms with Crippen LogP contribution in [0.3, 0.4) is 0 Å². The van der Waals surface area contributed by atoms with Gasteiger partial charge in [-0.05, 0) is 89.5 Å². The van der Waals surface area contributed by atoms with E-state index in [-0.39, 0.29) is 0 Å². The minimum atomic E-state index is 0.410. The predicted molar refractivity (Wildman–Crippen MR) is 77.6 cm³/mol. The SMILES string of the molecule is CC1CC2CCC3(CC(C)(C)N(C)[C@H]3C)C(C1)C2. The minimum absolute atomic E-state index is 0.410. The first-order chi connectivity index (χ1) is 8.35. The van der Waals surface area contributed by atoms with Crippen LogP contribution >= 0.6 is 0 Å². The van der Waals surface area contributed by atoms with E-state index in [1.54, 1.807) is 6.42 Å². The van der Waals surface area contributed by atoms with Gasteiger partial charge in [0.25, 0.3) is 0 Å². The number of nitrogens with zero attached hydrogens (tertiary/aromatic N) is 1. The first kappa shape index (κ1) is 13.0. The van der Waals surface area contributed by atoms with Crippen LogP contribution in [0.1, 0.15) is 66.2 Å². The Balaban J connectivity index is 1.91. The maximum Gasteiger partial charge on any atom is 0.0159 e. The monoisotopic (exact) mass is 249 g/mol. The number of hydrogen-bond donors (Lipinski definition) is 0. The van der Waals surface area contributed by atoms with Gasteiger partial charge in [0.15, 0.2) is 0 Å². The Bertz CT molecular complexity index is 333. The Labute approximate surface area is 113 Å². The van der Waals surface area contributed by atoms with Crippen molar-refractivity contribution in [1.82, 2.24) is 4.90 Å². The summed E-state index contributed by atoms with van der Waals surface area (Å²) in [4.78, 5) is 2.67. The van der Waals surface area contributed by atoms with Crippen LogP contribution in [-0.2, 0) is 0 Å².